The number of benzene rings is 1. The van der Waals surface area contributed by atoms with E-state index in [2.05, 4.69) is 84.6 Å². The number of Topliss-reactive ketones (excluding diaryl/α,β-unsaturated/α-hetero) is 3. The van der Waals surface area contributed by atoms with Crippen LogP contribution in [0.15, 0.2) is 41.9 Å². The molecule has 0 radical (unpaired) electrons. The summed E-state index contributed by atoms with van der Waals surface area (Å²) in [7, 11) is 3.54. The second kappa shape index (κ2) is 58.7. The van der Waals surface area contributed by atoms with Crippen molar-refractivity contribution < 1.29 is 28.7 Å². The number of primary amides is 1. The summed E-state index contributed by atoms with van der Waals surface area (Å²) < 4.78 is 9.92. The maximum atomic E-state index is 10.6. The van der Waals surface area contributed by atoms with Crippen molar-refractivity contribution in [3.8, 4) is 0 Å². The maximum Gasteiger partial charge on any atom is 0.219 e. The van der Waals surface area contributed by atoms with Gasteiger partial charge in [-0.15, -0.1) is 22.9 Å². The number of halogens is 1. The summed E-state index contributed by atoms with van der Waals surface area (Å²) in [6.45, 7) is 37.7. The molecular formula is C69H131ClN2O6S. The Balaban J connectivity index is -0.000000253. The summed E-state index contributed by atoms with van der Waals surface area (Å²) in [4.78, 5) is 45.4. The number of aromatic nitrogens is 1. The molecule has 5 fully saturated rings. The maximum absolute atomic E-state index is 10.6. The Morgan fingerprint density at radius 1 is 0.696 bits per heavy atom. The molecule has 466 valence electrons. The second-order valence-electron chi connectivity index (χ2n) is 25.2. The lowest BCUT2D eigenvalue weighted by atomic mass is 9.92. The molecule has 1 heterocycles. The first-order valence-corrected chi connectivity index (χ1v) is 32.8. The standard InChI is InChI=1S/C8H10.C7H14O.C7H16O.C6H11ClO.C6H10O.C6H12O.2C6H12.C5H10.C4H9NO.C4H5NS.C4H10/c1-2-8-6-4-3-5-7-8;1-8-6-7-4-2-3-5-7;1-7(2)5-4-6-8-3;1-5(8)6(2,3)4-7;7-6-4-2-1-3-5-6;1-5(7)6(2,3)4;1-6-4-2-3-5-6;1-2-4-6-5-3-1;1-2-5-3-4-5;1-3(2)4(5)6;1-4-5-2-3-6-4;1-4(2)3/h3-7H,2H2,1H3;7H,2-6H2,1H3;7H,4-6H2,1-3H3;4H2,1-3H3;1-5H2;1-4H3;6H,2-5H2,1H3;1-6H2;5H,2-4H2,1H3;3H,1-2H3,(H2,5,6);2-3H,1H3;4H,1-3H3. The molecular weight excluding hydrogens is 1020 g/mol. The Morgan fingerprint density at radius 3 is 1.32 bits per heavy atom. The van der Waals surface area contributed by atoms with Crippen molar-refractivity contribution in [2.75, 3.05) is 33.3 Å². The fourth-order valence-corrected chi connectivity index (χ4v) is 7.44. The molecule has 0 atom stereocenters. The van der Waals surface area contributed by atoms with Gasteiger partial charge < -0.3 is 15.2 Å². The van der Waals surface area contributed by atoms with E-state index in [1.807, 2.05) is 53.0 Å². The Bertz CT molecular complexity index is 1570. The molecule has 0 unspecified atom stereocenters. The summed E-state index contributed by atoms with van der Waals surface area (Å²) in [5.41, 5.74) is 5.74. The first kappa shape index (κ1) is 85.3. The number of alkyl halides is 1. The number of thiazole rings is 1. The molecule has 0 spiro atoms. The minimum absolute atomic E-state index is 0.00926. The molecule has 7 rings (SSSR count). The van der Waals surface area contributed by atoms with Crippen LogP contribution in [0.2, 0.25) is 0 Å². The lowest BCUT2D eigenvalue weighted by Crippen LogP contribution is -2.22. The normalized spacial score (nSPS) is 15.5. The highest BCUT2D eigenvalue weighted by Gasteiger charge is 2.21. The third kappa shape index (κ3) is 73.5. The summed E-state index contributed by atoms with van der Waals surface area (Å²) >= 11 is 7.13. The number of hydrogen-bond acceptors (Lipinski definition) is 8. The summed E-state index contributed by atoms with van der Waals surface area (Å²) in [5, 5.41) is 3.10. The minimum Gasteiger partial charge on any atom is -0.385 e. The van der Waals surface area contributed by atoms with Gasteiger partial charge in [0.05, 0.1) is 5.01 Å². The monoisotopic (exact) mass is 1150 g/mol. The van der Waals surface area contributed by atoms with Crippen LogP contribution in [-0.4, -0.2) is 61.6 Å². The van der Waals surface area contributed by atoms with Crippen LogP contribution in [-0.2, 0) is 35.1 Å². The van der Waals surface area contributed by atoms with E-state index in [4.69, 9.17) is 26.8 Å². The molecule has 2 aromatic rings. The Kier molecular flexibility index (Phi) is 63.4. The fourth-order valence-electron chi connectivity index (χ4n) is 6.81. The van der Waals surface area contributed by atoms with E-state index in [-0.39, 0.29) is 34.2 Å². The van der Waals surface area contributed by atoms with Crippen molar-refractivity contribution in [2.24, 2.45) is 52.1 Å². The number of amides is 1. The van der Waals surface area contributed by atoms with Crippen LogP contribution in [0, 0.1) is 53.3 Å². The first-order chi connectivity index (χ1) is 37.1. The van der Waals surface area contributed by atoms with Crippen molar-refractivity contribution in [3.63, 3.8) is 0 Å². The summed E-state index contributed by atoms with van der Waals surface area (Å²) in [6, 6.07) is 10.5. The van der Waals surface area contributed by atoms with Gasteiger partial charge in [0.2, 0.25) is 5.91 Å². The average molecular weight is 1150 g/mol. The number of methoxy groups -OCH3 is 2. The van der Waals surface area contributed by atoms with Crippen LogP contribution in [0.3, 0.4) is 0 Å². The number of nitrogens with two attached hydrogens (primary N) is 1. The summed E-state index contributed by atoms with van der Waals surface area (Å²) in [6.07, 6.45) is 35.7. The minimum atomic E-state index is -0.332. The SMILES string of the molecule is C1CCCCC1.CC(=O)C(C)(C)C.CC(=O)C(C)(C)CCl.CC(C)C.CC(C)C(N)=O.CC1CCCC1.CCC1CC1.CCc1ccccc1.COCC1CCCC1.COCCCC(C)C.Cc1nccs1.O=C1CCCCC1. The van der Waals surface area contributed by atoms with Gasteiger partial charge in [0.1, 0.15) is 17.3 Å². The van der Waals surface area contributed by atoms with Gasteiger partial charge >= 0.3 is 0 Å². The zero-order valence-electron chi connectivity index (χ0n) is 55.6. The van der Waals surface area contributed by atoms with Crippen LogP contribution >= 0.6 is 22.9 Å². The molecule has 1 aromatic carbocycles. The number of aryl methyl sites for hydroxylation is 2. The lowest BCUT2D eigenvalue weighted by molar-refractivity contribution is -0.124. The van der Waals surface area contributed by atoms with Crippen molar-refractivity contribution in [1.82, 2.24) is 4.98 Å². The molecule has 1 amide bonds. The third-order valence-electron chi connectivity index (χ3n) is 13.6. The predicted molar refractivity (Wildman–Crippen MR) is 349 cm³/mol. The largest absolute Gasteiger partial charge is 0.385 e. The van der Waals surface area contributed by atoms with Gasteiger partial charge in [-0.3, -0.25) is 24.2 Å². The van der Waals surface area contributed by atoms with E-state index in [1.165, 1.54) is 134 Å². The van der Waals surface area contributed by atoms with Crippen molar-refractivity contribution >= 4 is 46.2 Å². The molecule has 0 aliphatic heterocycles. The van der Waals surface area contributed by atoms with E-state index >= 15 is 0 Å². The van der Waals surface area contributed by atoms with E-state index in [9.17, 15) is 19.2 Å². The number of carbonyl (C=O) groups is 4. The smallest absolute Gasteiger partial charge is 0.219 e. The van der Waals surface area contributed by atoms with Gasteiger partial charge in [0.15, 0.2) is 0 Å². The Labute approximate surface area is 500 Å². The molecule has 5 aliphatic rings. The molecule has 5 aliphatic carbocycles. The van der Waals surface area contributed by atoms with E-state index in [0.717, 1.165) is 79.9 Å². The second-order valence-corrected chi connectivity index (χ2v) is 26.5. The number of ketones is 3. The highest BCUT2D eigenvalue weighted by atomic mass is 35.5. The molecule has 1 aromatic heterocycles. The average Bonchev–Trinajstić information content (AvgIpc) is 3.66. The Morgan fingerprint density at radius 2 is 1.13 bits per heavy atom. The first-order valence-electron chi connectivity index (χ1n) is 31.3. The van der Waals surface area contributed by atoms with Crippen LogP contribution in [0.1, 0.15) is 282 Å². The van der Waals surface area contributed by atoms with E-state index in [1.54, 1.807) is 59.4 Å². The highest BCUT2D eigenvalue weighted by molar-refractivity contribution is 7.09. The number of nitrogens with zero attached hydrogens (tertiary/aromatic N) is 1. The third-order valence-corrected chi connectivity index (χ3v) is 14.9. The van der Waals surface area contributed by atoms with Crippen molar-refractivity contribution in [2.45, 2.75) is 285 Å². The molecule has 0 bridgehead atoms. The number of ether oxygens (including phenoxy) is 2. The number of rotatable bonds is 11. The van der Waals surface area contributed by atoms with Gasteiger partial charge in [-0.2, -0.15) is 0 Å². The molecule has 10 heteroatoms. The Hall–Kier alpha value is -2.46. The lowest BCUT2D eigenvalue weighted by Gasteiger charge is -2.15. The molecule has 79 heavy (non-hydrogen) atoms. The van der Waals surface area contributed by atoms with Crippen molar-refractivity contribution in [3.05, 3.63) is 52.5 Å². The van der Waals surface area contributed by atoms with Gasteiger partial charge in [0, 0.05) is 74.5 Å². The van der Waals surface area contributed by atoms with E-state index < -0.39 is 0 Å². The van der Waals surface area contributed by atoms with Crippen LogP contribution in [0.4, 0.5) is 0 Å². The van der Waals surface area contributed by atoms with Gasteiger partial charge in [-0.25, -0.2) is 0 Å². The van der Waals surface area contributed by atoms with Crippen LogP contribution in [0.5, 0.6) is 0 Å². The van der Waals surface area contributed by atoms with Gasteiger partial charge in [-0.05, 0) is 101 Å². The quantitative estimate of drug-likeness (QED) is 0.175. The van der Waals surface area contributed by atoms with Crippen LogP contribution < -0.4 is 5.73 Å². The fraction of sp³-hybridized carbons (Fsp3) is 0.812. The number of carbonyl (C=O) groups excluding carboxylic acids is 4. The van der Waals surface area contributed by atoms with Gasteiger partial charge in [0.25, 0.3) is 0 Å². The molecule has 8 nitrogen and oxygen atoms in total. The van der Waals surface area contributed by atoms with Crippen LogP contribution in [0.25, 0.3) is 0 Å². The number of hydrogen-bond donors (Lipinski definition) is 1. The topological polar surface area (TPSA) is 126 Å². The zero-order valence-corrected chi connectivity index (χ0v) is 57.1. The summed E-state index contributed by atoms with van der Waals surface area (Å²) in [5.74, 6) is 5.74. The predicted octanol–water partition coefficient (Wildman–Crippen LogP) is 20.7. The van der Waals surface area contributed by atoms with E-state index in [0.29, 0.717) is 11.7 Å². The molecule has 2 N–H and O–H groups in total. The highest BCUT2D eigenvalue weighted by Crippen LogP contribution is 2.31. The van der Waals surface area contributed by atoms with Crippen molar-refractivity contribution in [1.29, 1.82) is 0 Å². The molecule has 5 saturated carbocycles. The molecule has 0 saturated heterocycles. The zero-order chi connectivity index (χ0) is 61.5. The van der Waals surface area contributed by atoms with Gasteiger partial charge in [-0.1, -0.05) is 237 Å².